The van der Waals surface area contributed by atoms with E-state index in [-0.39, 0.29) is 17.9 Å². The summed E-state index contributed by atoms with van der Waals surface area (Å²) in [7, 11) is 4.68. The van der Waals surface area contributed by atoms with Crippen LogP contribution in [-0.4, -0.2) is 66.3 Å². The number of benzene rings is 2. The largest absolute Gasteiger partial charge is 0.497 e. The van der Waals surface area contributed by atoms with Crippen LogP contribution in [0.25, 0.3) is 0 Å². The monoisotopic (exact) mass is 599 g/mol. The molecule has 0 bridgehead atoms. The molecule has 1 saturated carbocycles. The summed E-state index contributed by atoms with van der Waals surface area (Å²) in [5.74, 6) is 0.653. The zero-order chi connectivity index (χ0) is 27.7. The second-order valence-electron chi connectivity index (χ2n) is 10.1. The predicted molar refractivity (Wildman–Crippen MR) is 150 cm³/mol. The van der Waals surface area contributed by atoms with Crippen LogP contribution in [-0.2, 0) is 9.59 Å². The van der Waals surface area contributed by atoms with Gasteiger partial charge in [-0.15, -0.1) is 0 Å². The Kier molecular flexibility index (Phi) is 8.16. The van der Waals surface area contributed by atoms with E-state index in [1.54, 1.807) is 43.5 Å². The fourth-order valence-corrected chi connectivity index (χ4v) is 6.43. The van der Waals surface area contributed by atoms with Crippen molar-refractivity contribution in [3.05, 3.63) is 58.6 Å². The minimum atomic E-state index is -1.10. The third kappa shape index (κ3) is 5.13. The van der Waals surface area contributed by atoms with Crippen molar-refractivity contribution >= 4 is 33.4 Å². The molecule has 0 radical (unpaired) electrons. The Morgan fingerprint density at radius 2 is 1.62 bits per heavy atom. The minimum absolute atomic E-state index is 0.0819. The second kappa shape index (κ2) is 11.6. The van der Waals surface area contributed by atoms with Crippen molar-refractivity contribution in [3.63, 3.8) is 0 Å². The van der Waals surface area contributed by atoms with E-state index in [0.717, 1.165) is 32.1 Å². The first-order valence-corrected chi connectivity index (χ1v) is 14.0. The summed E-state index contributed by atoms with van der Waals surface area (Å²) >= 11 is 3.50. The number of hydrogen-bond donors (Lipinski definition) is 2. The van der Waals surface area contributed by atoms with Gasteiger partial charge >= 0.3 is 0 Å². The average Bonchev–Trinajstić information content (AvgIpc) is 3.23. The molecule has 2 aliphatic heterocycles. The van der Waals surface area contributed by atoms with E-state index >= 15 is 0 Å². The van der Waals surface area contributed by atoms with Crippen LogP contribution in [0.2, 0.25) is 0 Å². The molecule has 0 aromatic heterocycles. The summed E-state index contributed by atoms with van der Waals surface area (Å²) in [5.41, 5.74) is 4.55. The Labute approximate surface area is 236 Å². The first-order chi connectivity index (χ1) is 18.9. The number of imide groups is 1. The summed E-state index contributed by atoms with van der Waals surface area (Å²) in [4.78, 5) is 29.0. The van der Waals surface area contributed by atoms with Crippen molar-refractivity contribution in [2.24, 2.45) is 5.92 Å². The molecule has 39 heavy (non-hydrogen) atoms. The first-order valence-electron chi connectivity index (χ1n) is 13.2. The van der Waals surface area contributed by atoms with E-state index in [9.17, 15) is 14.7 Å². The van der Waals surface area contributed by atoms with Gasteiger partial charge in [0.25, 0.3) is 0 Å². The van der Waals surface area contributed by atoms with Crippen molar-refractivity contribution in [2.75, 3.05) is 26.8 Å². The second-order valence-corrected chi connectivity index (χ2v) is 11.0. The molecule has 0 spiro atoms. The van der Waals surface area contributed by atoms with Crippen LogP contribution in [0.15, 0.2) is 53.0 Å². The maximum absolute atomic E-state index is 14.0. The molecule has 2 heterocycles. The van der Waals surface area contributed by atoms with Gasteiger partial charge in [-0.1, -0.05) is 31.4 Å². The highest BCUT2D eigenvalue weighted by Crippen LogP contribution is 2.42. The molecule has 10 heteroatoms. The van der Waals surface area contributed by atoms with Crippen LogP contribution in [0.3, 0.4) is 0 Å². The Hall–Kier alpha value is -3.08. The van der Waals surface area contributed by atoms with Crippen LogP contribution < -0.4 is 19.6 Å². The highest BCUT2D eigenvalue weighted by Gasteiger charge is 2.55. The number of hydrogen-bond acceptors (Lipinski definition) is 8. The van der Waals surface area contributed by atoms with E-state index in [2.05, 4.69) is 21.4 Å². The van der Waals surface area contributed by atoms with E-state index in [4.69, 9.17) is 14.2 Å². The molecule has 3 aliphatic rings. The Morgan fingerprint density at radius 3 is 2.26 bits per heavy atom. The SMILES string of the molecule is COc1ccc(NN2[C@@H]([C@H](O)c3cc(Br)c(OC)cc3OC)C=C[C@H]3C(=O)N(C4CCCCC4)C(=O)[C@H]32)cc1. The Morgan fingerprint density at radius 1 is 0.923 bits per heavy atom. The number of ether oxygens (including phenoxy) is 3. The van der Waals surface area contributed by atoms with Gasteiger partial charge in [-0.25, -0.2) is 5.01 Å². The summed E-state index contributed by atoms with van der Waals surface area (Å²) in [5, 5.41) is 13.5. The molecule has 2 fully saturated rings. The minimum Gasteiger partial charge on any atom is -0.497 e. The standard InChI is InChI=1S/C29H34BrN3O6/c1-37-19-11-9-17(10-12-19)31-33-23(27(34)21-15-22(30)25(39-3)16-24(21)38-2)14-13-20-26(33)29(36)32(28(20)35)18-7-5-4-6-8-18/h9-16,18,20,23,26-27,31,34H,4-8H2,1-3H3/t20-,23-,26+,27-/m1/s1. The van der Waals surface area contributed by atoms with E-state index in [1.807, 2.05) is 24.3 Å². The number of anilines is 1. The van der Waals surface area contributed by atoms with Crippen molar-refractivity contribution in [3.8, 4) is 17.2 Å². The van der Waals surface area contributed by atoms with Gasteiger partial charge in [-0.3, -0.25) is 14.5 Å². The molecular formula is C29H34BrN3O6. The topological polar surface area (TPSA) is 101 Å². The number of rotatable bonds is 8. The van der Waals surface area contributed by atoms with E-state index in [1.165, 1.54) is 12.0 Å². The fraction of sp³-hybridized carbons (Fsp3) is 0.448. The molecule has 1 saturated heterocycles. The Bertz CT molecular complexity index is 1250. The van der Waals surface area contributed by atoms with E-state index < -0.39 is 24.1 Å². The van der Waals surface area contributed by atoms with Crippen LogP contribution in [0, 0.1) is 5.92 Å². The number of carbonyl (C=O) groups is 2. The van der Waals surface area contributed by atoms with Gasteiger partial charge in [-0.05, 0) is 59.1 Å². The molecular weight excluding hydrogens is 566 g/mol. The summed E-state index contributed by atoms with van der Waals surface area (Å²) in [6.45, 7) is 0. The lowest BCUT2D eigenvalue weighted by Gasteiger charge is -2.41. The van der Waals surface area contributed by atoms with E-state index in [0.29, 0.717) is 33.0 Å². The highest BCUT2D eigenvalue weighted by atomic mass is 79.9. The number of methoxy groups -OCH3 is 3. The van der Waals surface area contributed by atoms with Gasteiger partial charge in [0.05, 0.1) is 37.8 Å². The number of hydrazine groups is 1. The number of amides is 2. The maximum Gasteiger partial charge on any atom is 0.249 e. The van der Waals surface area contributed by atoms with Crippen molar-refractivity contribution in [1.82, 2.24) is 9.91 Å². The number of carbonyl (C=O) groups excluding carboxylic acids is 2. The van der Waals surface area contributed by atoms with Gasteiger partial charge in [0, 0.05) is 23.4 Å². The summed E-state index contributed by atoms with van der Waals surface area (Å²) < 4.78 is 16.9. The zero-order valence-corrected chi connectivity index (χ0v) is 23.9. The summed E-state index contributed by atoms with van der Waals surface area (Å²) in [6.07, 6.45) is 7.27. The van der Waals surface area contributed by atoms with Crippen molar-refractivity contribution in [2.45, 2.75) is 56.3 Å². The molecule has 2 aromatic carbocycles. The molecule has 4 atom stereocenters. The van der Waals surface area contributed by atoms with Crippen molar-refractivity contribution in [1.29, 1.82) is 0 Å². The number of nitrogens with zero attached hydrogens (tertiary/aromatic N) is 2. The lowest BCUT2D eigenvalue weighted by atomic mass is 9.90. The third-order valence-corrected chi connectivity index (χ3v) is 8.54. The highest BCUT2D eigenvalue weighted by molar-refractivity contribution is 9.10. The van der Waals surface area contributed by atoms with Gasteiger partial charge in [0.15, 0.2) is 0 Å². The quantitative estimate of drug-likeness (QED) is 0.339. The van der Waals surface area contributed by atoms with Crippen molar-refractivity contribution < 1.29 is 28.9 Å². The fourth-order valence-electron chi connectivity index (χ4n) is 5.91. The number of fused-ring (bicyclic) bond motifs is 1. The number of nitrogens with one attached hydrogen (secondary N) is 1. The number of aliphatic hydroxyl groups excluding tert-OH is 1. The first kappa shape index (κ1) is 27.5. The Balaban J connectivity index is 1.53. The lowest BCUT2D eigenvalue weighted by Crippen LogP contribution is -2.56. The predicted octanol–water partition coefficient (Wildman–Crippen LogP) is 4.46. The number of halogens is 1. The molecule has 0 unspecified atom stereocenters. The van der Waals surface area contributed by atoms with Crippen LogP contribution >= 0.6 is 15.9 Å². The summed E-state index contributed by atoms with van der Waals surface area (Å²) in [6, 6.07) is 9.17. The van der Waals surface area contributed by atoms with Gasteiger partial charge in [0.1, 0.15) is 29.4 Å². The van der Waals surface area contributed by atoms with Gasteiger partial charge < -0.3 is 24.7 Å². The molecule has 208 valence electrons. The van der Waals surface area contributed by atoms with Crippen LogP contribution in [0.1, 0.15) is 43.8 Å². The van der Waals surface area contributed by atoms with Crippen LogP contribution in [0.4, 0.5) is 5.69 Å². The number of likely N-dealkylation sites (tertiary alicyclic amines) is 1. The average molecular weight is 601 g/mol. The zero-order valence-electron chi connectivity index (χ0n) is 22.3. The van der Waals surface area contributed by atoms with Gasteiger partial charge in [0.2, 0.25) is 11.8 Å². The smallest absolute Gasteiger partial charge is 0.249 e. The third-order valence-electron chi connectivity index (χ3n) is 7.92. The molecule has 2 aromatic rings. The van der Waals surface area contributed by atoms with Gasteiger partial charge in [-0.2, -0.15) is 0 Å². The molecule has 1 aliphatic carbocycles. The molecule has 5 rings (SSSR count). The maximum atomic E-state index is 14.0. The molecule has 9 nitrogen and oxygen atoms in total. The molecule has 2 N–H and O–H groups in total. The lowest BCUT2D eigenvalue weighted by molar-refractivity contribution is -0.143. The molecule has 2 amide bonds. The number of aliphatic hydroxyl groups is 1. The normalized spacial score (nSPS) is 24.4. The van der Waals surface area contributed by atoms with Crippen LogP contribution in [0.5, 0.6) is 17.2 Å².